The van der Waals surface area contributed by atoms with E-state index in [1.165, 1.54) is 18.7 Å². The highest BCUT2D eigenvalue weighted by Crippen LogP contribution is 2.31. The molecule has 2 rings (SSSR count). The SMILES string of the molecule is Cc1cc(=O)c(C(=O)NCC2CCCC2CCl)c[nH]1. The van der Waals surface area contributed by atoms with E-state index in [9.17, 15) is 9.59 Å². The Hall–Kier alpha value is -1.29. The molecule has 1 aromatic heterocycles. The van der Waals surface area contributed by atoms with Gasteiger partial charge in [-0.3, -0.25) is 9.59 Å². The van der Waals surface area contributed by atoms with E-state index in [-0.39, 0.29) is 16.9 Å². The zero-order valence-electron chi connectivity index (χ0n) is 11.0. The molecule has 0 aliphatic heterocycles. The Bertz CT molecular complexity index is 512. The van der Waals surface area contributed by atoms with Gasteiger partial charge in [0.25, 0.3) is 5.91 Å². The largest absolute Gasteiger partial charge is 0.364 e. The van der Waals surface area contributed by atoms with Crippen LogP contribution in [0.3, 0.4) is 0 Å². The molecule has 1 aliphatic carbocycles. The van der Waals surface area contributed by atoms with Crippen LogP contribution >= 0.6 is 11.6 Å². The molecule has 1 aromatic rings. The molecule has 104 valence electrons. The third kappa shape index (κ3) is 3.38. The molecule has 0 spiro atoms. The maximum absolute atomic E-state index is 12.0. The molecule has 2 N–H and O–H groups in total. The van der Waals surface area contributed by atoms with Gasteiger partial charge in [-0.25, -0.2) is 0 Å². The summed E-state index contributed by atoms with van der Waals surface area (Å²) < 4.78 is 0. The van der Waals surface area contributed by atoms with Crippen LogP contribution in [0.25, 0.3) is 0 Å². The van der Waals surface area contributed by atoms with Crippen molar-refractivity contribution in [1.82, 2.24) is 10.3 Å². The van der Waals surface area contributed by atoms with Crippen molar-refractivity contribution < 1.29 is 4.79 Å². The minimum Gasteiger partial charge on any atom is -0.364 e. The van der Waals surface area contributed by atoms with E-state index in [0.717, 1.165) is 18.5 Å². The second-order valence-electron chi connectivity index (χ2n) is 5.21. The second-order valence-corrected chi connectivity index (χ2v) is 5.52. The highest BCUT2D eigenvalue weighted by Gasteiger charge is 2.26. The average molecular weight is 283 g/mol. The molecule has 1 fully saturated rings. The Kier molecular flexibility index (Phi) is 4.64. The van der Waals surface area contributed by atoms with Crippen molar-refractivity contribution in [3.8, 4) is 0 Å². The molecule has 5 heteroatoms. The summed E-state index contributed by atoms with van der Waals surface area (Å²) >= 11 is 5.91. The highest BCUT2D eigenvalue weighted by atomic mass is 35.5. The number of pyridine rings is 1. The minimum absolute atomic E-state index is 0.172. The number of rotatable bonds is 4. The molecule has 0 saturated heterocycles. The van der Waals surface area contributed by atoms with Crippen molar-refractivity contribution >= 4 is 17.5 Å². The fraction of sp³-hybridized carbons (Fsp3) is 0.571. The first-order valence-electron chi connectivity index (χ1n) is 6.65. The summed E-state index contributed by atoms with van der Waals surface area (Å²) in [4.78, 5) is 26.5. The molecule has 1 amide bonds. The standard InChI is InChI=1S/C14H19ClN2O2/c1-9-5-13(18)12(8-16-9)14(19)17-7-11-4-2-3-10(11)6-15/h5,8,10-11H,2-4,6-7H2,1H3,(H,16,18)(H,17,19). The van der Waals surface area contributed by atoms with Gasteiger partial charge in [0.2, 0.25) is 0 Å². The van der Waals surface area contributed by atoms with Gasteiger partial charge >= 0.3 is 0 Å². The Balaban J connectivity index is 1.96. The number of hydrogen-bond acceptors (Lipinski definition) is 2. The van der Waals surface area contributed by atoms with Gasteiger partial charge in [0.1, 0.15) is 5.56 Å². The predicted octanol–water partition coefficient (Wildman–Crippen LogP) is 2.07. The quantitative estimate of drug-likeness (QED) is 0.831. The van der Waals surface area contributed by atoms with Crippen LogP contribution in [-0.2, 0) is 0 Å². The highest BCUT2D eigenvalue weighted by molar-refractivity contribution is 6.18. The van der Waals surface area contributed by atoms with Crippen molar-refractivity contribution in [1.29, 1.82) is 0 Å². The number of halogens is 1. The van der Waals surface area contributed by atoms with E-state index >= 15 is 0 Å². The lowest BCUT2D eigenvalue weighted by atomic mass is 9.98. The van der Waals surface area contributed by atoms with Gasteiger partial charge < -0.3 is 10.3 Å². The molecule has 19 heavy (non-hydrogen) atoms. The number of aryl methyl sites for hydroxylation is 1. The lowest BCUT2D eigenvalue weighted by Gasteiger charge is -2.17. The third-order valence-corrected chi connectivity index (χ3v) is 4.24. The average Bonchev–Trinajstić information content (AvgIpc) is 2.83. The molecule has 1 saturated carbocycles. The van der Waals surface area contributed by atoms with Crippen molar-refractivity contribution in [2.45, 2.75) is 26.2 Å². The van der Waals surface area contributed by atoms with Crippen LogP contribution in [0.5, 0.6) is 0 Å². The molecule has 2 unspecified atom stereocenters. The molecule has 1 heterocycles. The number of nitrogens with one attached hydrogen (secondary N) is 2. The lowest BCUT2D eigenvalue weighted by molar-refractivity contribution is 0.0943. The summed E-state index contributed by atoms with van der Waals surface area (Å²) in [5, 5.41) is 2.85. The topological polar surface area (TPSA) is 62.0 Å². The number of carbonyl (C=O) groups is 1. The fourth-order valence-corrected chi connectivity index (χ4v) is 3.06. The zero-order valence-corrected chi connectivity index (χ0v) is 11.8. The smallest absolute Gasteiger partial charge is 0.256 e. The van der Waals surface area contributed by atoms with E-state index in [1.807, 2.05) is 0 Å². The number of aromatic nitrogens is 1. The summed E-state index contributed by atoms with van der Waals surface area (Å²) in [7, 11) is 0. The van der Waals surface area contributed by atoms with Gasteiger partial charge in [-0.1, -0.05) is 6.42 Å². The summed E-state index contributed by atoms with van der Waals surface area (Å²) in [5.74, 6) is 1.26. The van der Waals surface area contributed by atoms with Crippen molar-refractivity contribution in [2.24, 2.45) is 11.8 Å². The Morgan fingerprint density at radius 2 is 2.21 bits per heavy atom. The lowest BCUT2D eigenvalue weighted by Crippen LogP contribution is -2.34. The van der Waals surface area contributed by atoms with E-state index in [4.69, 9.17) is 11.6 Å². The second kappa shape index (κ2) is 6.24. The third-order valence-electron chi connectivity index (χ3n) is 3.84. The van der Waals surface area contributed by atoms with Gasteiger partial charge in [-0.2, -0.15) is 0 Å². The molecule has 4 nitrogen and oxygen atoms in total. The Morgan fingerprint density at radius 3 is 2.89 bits per heavy atom. The van der Waals surface area contributed by atoms with Crippen molar-refractivity contribution in [3.63, 3.8) is 0 Å². The normalized spacial score (nSPS) is 22.4. The van der Waals surface area contributed by atoms with Crippen LogP contribution in [0, 0.1) is 18.8 Å². The van der Waals surface area contributed by atoms with Gasteiger partial charge in [-0.05, 0) is 31.6 Å². The van der Waals surface area contributed by atoms with Crippen molar-refractivity contribution in [3.05, 3.63) is 33.7 Å². The predicted molar refractivity (Wildman–Crippen MR) is 75.7 cm³/mol. The first-order valence-corrected chi connectivity index (χ1v) is 7.18. The van der Waals surface area contributed by atoms with Gasteiger partial charge in [0.15, 0.2) is 5.43 Å². The summed E-state index contributed by atoms with van der Waals surface area (Å²) in [5.41, 5.74) is 0.680. The van der Waals surface area contributed by atoms with E-state index < -0.39 is 0 Å². The maximum Gasteiger partial charge on any atom is 0.256 e. The van der Waals surface area contributed by atoms with Crippen LogP contribution in [-0.4, -0.2) is 23.3 Å². The number of hydrogen-bond donors (Lipinski definition) is 2. The van der Waals surface area contributed by atoms with E-state index in [1.54, 1.807) is 6.92 Å². The summed E-state index contributed by atoms with van der Waals surface area (Å²) in [6.07, 6.45) is 4.88. The molecule has 0 bridgehead atoms. The summed E-state index contributed by atoms with van der Waals surface area (Å²) in [6, 6.07) is 1.44. The monoisotopic (exact) mass is 282 g/mol. The van der Waals surface area contributed by atoms with Crippen LogP contribution in [0.2, 0.25) is 0 Å². The zero-order chi connectivity index (χ0) is 13.8. The number of alkyl halides is 1. The number of aromatic amines is 1. The number of amides is 1. The molecule has 0 radical (unpaired) electrons. The molecule has 0 aromatic carbocycles. The summed E-state index contributed by atoms with van der Waals surface area (Å²) in [6.45, 7) is 2.39. The first kappa shape index (κ1) is 14.1. The molecule has 2 atom stereocenters. The van der Waals surface area contributed by atoms with E-state index in [2.05, 4.69) is 10.3 Å². The minimum atomic E-state index is -0.304. The molecule has 1 aliphatic rings. The first-order chi connectivity index (χ1) is 9.11. The van der Waals surface area contributed by atoms with Gasteiger partial charge in [-0.15, -0.1) is 11.6 Å². The number of carbonyl (C=O) groups excluding carboxylic acids is 1. The Morgan fingerprint density at radius 1 is 1.47 bits per heavy atom. The van der Waals surface area contributed by atoms with Gasteiger partial charge in [0.05, 0.1) is 0 Å². The van der Waals surface area contributed by atoms with Crippen LogP contribution in [0.1, 0.15) is 35.3 Å². The van der Waals surface area contributed by atoms with Crippen molar-refractivity contribution in [2.75, 3.05) is 12.4 Å². The van der Waals surface area contributed by atoms with E-state index in [0.29, 0.717) is 24.3 Å². The molecular formula is C14H19ClN2O2. The van der Waals surface area contributed by atoms with Gasteiger partial charge in [0, 0.05) is 30.4 Å². The Labute approximate surface area is 117 Å². The fourth-order valence-electron chi connectivity index (χ4n) is 2.66. The maximum atomic E-state index is 12.0. The van der Waals surface area contributed by atoms with Crippen LogP contribution in [0.15, 0.2) is 17.1 Å². The number of H-pyrrole nitrogens is 1. The van der Waals surface area contributed by atoms with Crippen LogP contribution < -0.4 is 10.7 Å². The van der Waals surface area contributed by atoms with Crippen LogP contribution in [0.4, 0.5) is 0 Å². The molecular weight excluding hydrogens is 264 g/mol.